The van der Waals surface area contributed by atoms with E-state index >= 15 is 0 Å². The van der Waals surface area contributed by atoms with Crippen LogP contribution in [0, 0.1) is 0 Å². The summed E-state index contributed by atoms with van der Waals surface area (Å²) in [6.45, 7) is 0. The first-order chi connectivity index (χ1) is 10.2. The molecule has 3 aromatic rings. The molecule has 5 heteroatoms. The number of rotatable bonds is 4. The van der Waals surface area contributed by atoms with Gasteiger partial charge in [0.05, 0.1) is 5.69 Å². The Morgan fingerprint density at radius 3 is 2.38 bits per heavy atom. The maximum absolute atomic E-state index is 10.9. The lowest BCUT2D eigenvalue weighted by Gasteiger charge is -2.16. The van der Waals surface area contributed by atoms with E-state index < -0.39 is 11.4 Å². The lowest BCUT2D eigenvalue weighted by atomic mass is 10.1. The van der Waals surface area contributed by atoms with Crippen molar-refractivity contribution in [2.75, 3.05) is 5.32 Å². The SMILES string of the molecule is O=S([O-])Oc1ccc2ccccc2c1Nc1ccccc1. The molecule has 4 nitrogen and oxygen atoms in total. The van der Waals surface area contributed by atoms with Gasteiger partial charge in [-0.25, -0.2) is 4.21 Å². The fraction of sp³-hybridized carbons (Fsp3) is 0. The number of fused-ring (bicyclic) bond motifs is 1. The Morgan fingerprint density at radius 2 is 1.62 bits per heavy atom. The molecule has 0 spiro atoms. The van der Waals surface area contributed by atoms with Crippen LogP contribution >= 0.6 is 0 Å². The molecule has 0 aliphatic carbocycles. The molecular weight excluding hydrogens is 286 g/mol. The summed E-state index contributed by atoms with van der Waals surface area (Å²) in [4.78, 5) is 0. The fourth-order valence-corrected chi connectivity index (χ4v) is 2.47. The van der Waals surface area contributed by atoms with Crippen LogP contribution in [0.15, 0.2) is 66.7 Å². The Labute approximate surface area is 124 Å². The highest BCUT2D eigenvalue weighted by Gasteiger charge is 2.09. The third-order valence-corrected chi connectivity index (χ3v) is 3.41. The molecule has 0 aliphatic heterocycles. The van der Waals surface area contributed by atoms with Crippen LogP contribution < -0.4 is 9.50 Å². The Kier molecular flexibility index (Phi) is 3.85. The summed E-state index contributed by atoms with van der Waals surface area (Å²) >= 11 is -2.62. The second kappa shape index (κ2) is 5.95. The van der Waals surface area contributed by atoms with Crippen molar-refractivity contribution >= 4 is 33.5 Å². The summed E-state index contributed by atoms with van der Waals surface area (Å²) in [6, 6.07) is 20.7. The number of benzene rings is 3. The maximum Gasteiger partial charge on any atom is 0.163 e. The normalized spacial score (nSPS) is 12.0. The minimum atomic E-state index is -2.62. The highest BCUT2D eigenvalue weighted by Crippen LogP contribution is 2.35. The van der Waals surface area contributed by atoms with E-state index in [-0.39, 0.29) is 5.75 Å². The van der Waals surface area contributed by atoms with Crippen molar-refractivity contribution in [1.82, 2.24) is 0 Å². The molecule has 0 saturated heterocycles. The zero-order valence-corrected chi connectivity index (χ0v) is 11.8. The van der Waals surface area contributed by atoms with Gasteiger partial charge in [0, 0.05) is 11.1 Å². The van der Waals surface area contributed by atoms with E-state index in [0.717, 1.165) is 16.5 Å². The van der Waals surface area contributed by atoms with Crippen LogP contribution in [0.5, 0.6) is 5.75 Å². The van der Waals surface area contributed by atoms with Crippen molar-refractivity contribution in [3.05, 3.63) is 66.7 Å². The van der Waals surface area contributed by atoms with E-state index in [1.54, 1.807) is 6.07 Å². The predicted octanol–water partition coefficient (Wildman–Crippen LogP) is 3.76. The van der Waals surface area contributed by atoms with E-state index in [4.69, 9.17) is 4.18 Å². The molecule has 21 heavy (non-hydrogen) atoms. The summed E-state index contributed by atoms with van der Waals surface area (Å²) in [5, 5.41) is 5.12. The predicted molar refractivity (Wildman–Crippen MR) is 83.2 cm³/mol. The first kappa shape index (κ1) is 13.6. The van der Waals surface area contributed by atoms with Crippen LogP contribution in [0.3, 0.4) is 0 Å². The highest BCUT2D eigenvalue weighted by molar-refractivity contribution is 7.74. The minimum Gasteiger partial charge on any atom is -0.740 e. The maximum atomic E-state index is 10.9. The fourth-order valence-electron chi connectivity index (χ4n) is 2.19. The molecule has 3 aromatic carbocycles. The Hall–Kier alpha value is -2.37. The summed E-state index contributed by atoms with van der Waals surface area (Å²) in [5.74, 6) is 0.269. The van der Waals surface area contributed by atoms with Crippen LogP contribution in [0.4, 0.5) is 11.4 Å². The van der Waals surface area contributed by atoms with Crippen molar-refractivity contribution < 1.29 is 12.9 Å². The monoisotopic (exact) mass is 298 g/mol. The van der Waals surface area contributed by atoms with Gasteiger partial charge >= 0.3 is 0 Å². The van der Waals surface area contributed by atoms with E-state index in [0.29, 0.717) is 5.69 Å². The molecule has 0 aromatic heterocycles. The third-order valence-electron chi connectivity index (χ3n) is 3.09. The molecule has 3 rings (SSSR count). The topological polar surface area (TPSA) is 61.4 Å². The van der Waals surface area contributed by atoms with Crippen molar-refractivity contribution in [2.45, 2.75) is 0 Å². The Morgan fingerprint density at radius 1 is 0.905 bits per heavy atom. The summed E-state index contributed by atoms with van der Waals surface area (Å²) in [5.41, 5.74) is 1.49. The van der Waals surface area contributed by atoms with Gasteiger partial charge in [-0.1, -0.05) is 48.5 Å². The van der Waals surface area contributed by atoms with Gasteiger partial charge in [0.2, 0.25) is 0 Å². The smallest absolute Gasteiger partial charge is 0.163 e. The average Bonchev–Trinajstić information content (AvgIpc) is 2.50. The zero-order chi connectivity index (χ0) is 14.7. The van der Waals surface area contributed by atoms with Gasteiger partial charge in [0.1, 0.15) is 11.4 Å². The highest BCUT2D eigenvalue weighted by atomic mass is 32.2. The van der Waals surface area contributed by atoms with Crippen molar-refractivity contribution in [1.29, 1.82) is 0 Å². The van der Waals surface area contributed by atoms with E-state index in [1.807, 2.05) is 60.7 Å². The van der Waals surface area contributed by atoms with Gasteiger partial charge in [0.25, 0.3) is 0 Å². The molecule has 106 valence electrons. The number of hydrogen-bond donors (Lipinski definition) is 1. The van der Waals surface area contributed by atoms with Gasteiger partial charge in [0.15, 0.2) is 5.75 Å². The molecule has 0 radical (unpaired) electrons. The lowest BCUT2D eigenvalue weighted by molar-refractivity contribution is 0.441. The van der Waals surface area contributed by atoms with E-state index in [2.05, 4.69) is 5.32 Å². The molecule has 1 unspecified atom stereocenters. The Balaban J connectivity index is 2.13. The molecule has 0 heterocycles. The van der Waals surface area contributed by atoms with Crippen LogP contribution in [0.2, 0.25) is 0 Å². The quantitative estimate of drug-likeness (QED) is 0.745. The van der Waals surface area contributed by atoms with Gasteiger partial charge in [-0.2, -0.15) is 0 Å². The molecule has 0 saturated carbocycles. The molecule has 0 bridgehead atoms. The standard InChI is InChI=1S/C16H13NO3S/c18-21(19)20-15-11-10-12-6-4-5-9-14(12)16(15)17-13-7-2-1-3-8-13/h1-11,17H,(H,18,19)/p-1. The van der Waals surface area contributed by atoms with Gasteiger partial charge < -0.3 is 14.1 Å². The Bertz CT molecular complexity index is 790. The molecule has 1 N–H and O–H groups in total. The first-order valence-corrected chi connectivity index (χ1v) is 7.35. The average molecular weight is 298 g/mol. The minimum absolute atomic E-state index is 0.269. The third kappa shape index (κ3) is 3.04. The van der Waals surface area contributed by atoms with E-state index in [9.17, 15) is 8.76 Å². The molecule has 0 aliphatic rings. The lowest BCUT2D eigenvalue weighted by Crippen LogP contribution is -2.02. The summed E-state index contributed by atoms with van der Waals surface area (Å²) in [7, 11) is 0. The molecule has 0 fully saturated rings. The van der Waals surface area contributed by atoms with E-state index in [1.165, 1.54) is 0 Å². The largest absolute Gasteiger partial charge is 0.740 e. The van der Waals surface area contributed by atoms with Gasteiger partial charge in [-0.15, -0.1) is 0 Å². The van der Waals surface area contributed by atoms with Crippen LogP contribution in [0.25, 0.3) is 10.8 Å². The molecule has 0 amide bonds. The van der Waals surface area contributed by atoms with Gasteiger partial charge in [-0.3, -0.25) is 0 Å². The zero-order valence-electron chi connectivity index (χ0n) is 11.0. The first-order valence-electron chi connectivity index (χ1n) is 6.35. The number of para-hydroxylation sites is 1. The summed E-state index contributed by atoms with van der Waals surface area (Å²) in [6.07, 6.45) is 0. The van der Waals surface area contributed by atoms with Crippen molar-refractivity contribution in [3.8, 4) is 5.75 Å². The number of hydrogen-bond acceptors (Lipinski definition) is 4. The van der Waals surface area contributed by atoms with Gasteiger partial charge in [-0.05, 0) is 23.6 Å². The molecular formula is C16H12NO3S-. The van der Waals surface area contributed by atoms with Crippen LogP contribution in [-0.4, -0.2) is 8.76 Å². The second-order valence-corrected chi connectivity index (χ2v) is 5.01. The second-order valence-electron chi connectivity index (χ2n) is 4.44. The van der Waals surface area contributed by atoms with Crippen LogP contribution in [-0.2, 0) is 11.4 Å². The number of nitrogens with one attached hydrogen (secondary N) is 1. The summed E-state index contributed by atoms with van der Waals surface area (Å²) < 4.78 is 26.6. The number of anilines is 2. The van der Waals surface area contributed by atoms with Crippen LogP contribution in [0.1, 0.15) is 0 Å². The molecule has 1 atom stereocenters. The van der Waals surface area contributed by atoms with Crippen molar-refractivity contribution in [2.24, 2.45) is 0 Å². The van der Waals surface area contributed by atoms with Crippen molar-refractivity contribution in [3.63, 3.8) is 0 Å².